The quantitative estimate of drug-likeness (QED) is 0.876. The summed E-state index contributed by atoms with van der Waals surface area (Å²) in [7, 11) is 1.22. The zero-order chi connectivity index (χ0) is 16.3. The zero-order valence-corrected chi connectivity index (χ0v) is 12.1. The summed E-state index contributed by atoms with van der Waals surface area (Å²) >= 11 is 5.93. The van der Waals surface area contributed by atoms with E-state index in [2.05, 4.69) is 10.1 Å². The topological polar surface area (TPSA) is 55.4 Å². The Kier molecular flexibility index (Phi) is 4.72. The molecule has 0 bridgehead atoms. The Labute approximate surface area is 129 Å². The molecule has 0 atom stereocenters. The summed E-state index contributed by atoms with van der Waals surface area (Å²) < 4.78 is 30.5. The minimum atomic E-state index is -1.14. The van der Waals surface area contributed by atoms with Crippen LogP contribution in [-0.4, -0.2) is 19.0 Å². The zero-order valence-electron chi connectivity index (χ0n) is 11.3. The molecule has 0 aromatic heterocycles. The molecule has 0 aliphatic rings. The van der Waals surface area contributed by atoms with Gasteiger partial charge in [0.25, 0.3) is 5.91 Å². The van der Waals surface area contributed by atoms with E-state index in [0.717, 1.165) is 18.2 Å². The van der Waals surface area contributed by atoms with E-state index in [0.29, 0.717) is 0 Å². The summed E-state index contributed by atoms with van der Waals surface area (Å²) in [6, 6.07) is 6.91. The van der Waals surface area contributed by atoms with Crippen molar-refractivity contribution in [1.82, 2.24) is 0 Å². The van der Waals surface area contributed by atoms with Crippen LogP contribution in [0.5, 0.6) is 0 Å². The van der Waals surface area contributed by atoms with Gasteiger partial charge in [0.05, 0.1) is 23.4 Å². The molecule has 0 heterocycles. The van der Waals surface area contributed by atoms with Gasteiger partial charge in [-0.2, -0.15) is 0 Å². The Morgan fingerprint density at radius 2 is 1.73 bits per heavy atom. The van der Waals surface area contributed by atoms with Crippen molar-refractivity contribution in [2.75, 3.05) is 12.4 Å². The number of esters is 1. The van der Waals surface area contributed by atoms with Crippen LogP contribution in [0, 0.1) is 11.6 Å². The largest absolute Gasteiger partial charge is 0.465 e. The molecule has 0 unspecified atom stereocenters. The van der Waals surface area contributed by atoms with Gasteiger partial charge < -0.3 is 10.1 Å². The first-order chi connectivity index (χ1) is 10.4. The van der Waals surface area contributed by atoms with Crippen molar-refractivity contribution in [2.45, 2.75) is 0 Å². The number of halogens is 3. The molecule has 2 rings (SSSR count). The summed E-state index contributed by atoms with van der Waals surface area (Å²) in [5, 5.41) is 2.61. The van der Waals surface area contributed by atoms with Gasteiger partial charge in [-0.05, 0) is 36.4 Å². The first-order valence-corrected chi connectivity index (χ1v) is 6.44. The van der Waals surface area contributed by atoms with Crippen LogP contribution in [0.3, 0.4) is 0 Å². The molecule has 0 aliphatic heterocycles. The number of ether oxygens (including phenoxy) is 1. The van der Waals surface area contributed by atoms with Gasteiger partial charge in [-0.25, -0.2) is 13.6 Å². The molecule has 22 heavy (non-hydrogen) atoms. The van der Waals surface area contributed by atoms with Crippen LogP contribution in [0.4, 0.5) is 14.5 Å². The minimum absolute atomic E-state index is 0.0848. The number of carbonyl (C=O) groups excluding carboxylic acids is 2. The molecule has 2 aromatic rings. The second-order valence-corrected chi connectivity index (χ2v) is 4.68. The van der Waals surface area contributed by atoms with E-state index in [9.17, 15) is 18.4 Å². The van der Waals surface area contributed by atoms with Crippen LogP contribution in [0.2, 0.25) is 5.02 Å². The van der Waals surface area contributed by atoms with Crippen LogP contribution < -0.4 is 5.32 Å². The number of nitrogens with one attached hydrogen (secondary N) is 1. The fourth-order valence-corrected chi connectivity index (χ4v) is 1.86. The monoisotopic (exact) mass is 325 g/mol. The highest BCUT2D eigenvalue weighted by Crippen LogP contribution is 2.24. The molecule has 7 heteroatoms. The molecule has 0 aliphatic carbocycles. The lowest BCUT2D eigenvalue weighted by Gasteiger charge is -2.09. The Balaban J connectivity index is 2.27. The second-order valence-electron chi connectivity index (χ2n) is 4.27. The number of hydrogen-bond acceptors (Lipinski definition) is 3. The lowest BCUT2D eigenvalue weighted by Crippen LogP contribution is -2.13. The van der Waals surface area contributed by atoms with Crippen LogP contribution in [0.25, 0.3) is 0 Å². The second kappa shape index (κ2) is 6.53. The van der Waals surface area contributed by atoms with Gasteiger partial charge in [0, 0.05) is 5.56 Å². The average Bonchev–Trinajstić information content (AvgIpc) is 2.51. The van der Waals surface area contributed by atoms with Crippen LogP contribution in [0.1, 0.15) is 20.7 Å². The van der Waals surface area contributed by atoms with Crippen LogP contribution >= 0.6 is 11.6 Å². The standard InChI is InChI=1S/C15H10ClF2NO3/c1-22-15(21)9-2-4-10(16)13(7-9)19-14(20)8-3-5-11(17)12(18)6-8/h2-7H,1H3,(H,19,20). The van der Waals surface area contributed by atoms with Crippen molar-refractivity contribution in [1.29, 1.82) is 0 Å². The Morgan fingerprint density at radius 1 is 1.05 bits per heavy atom. The third-order valence-electron chi connectivity index (χ3n) is 2.82. The number of carbonyl (C=O) groups is 2. The molecule has 1 N–H and O–H groups in total. The number of benzene rings is 2. The summed E-state index contributed by atoms with van der Waals surface area (Å²) in [6.45, 7) is 0. The molecule has 0 radical (unpaired) electrons. The van der Waals surface area contributed by atoms with Crippen molar-refractivity contribution in [3.8, 4) is 0 Å². The van der Waals surface area contributed by atoms with Crippen molar-refractivity contribution >= 4 is 29.2 Å². The fourth-order valence-electron chi connectivity index (χ4n) is 1.70. The summed E-state index contributed by atoms with van der Waals surface area (Å²) in [5.74, 6) is -3.48. The first kappa shape index (κ1) is 15.9. The van der Waals surface area contributed by atoms with E-state index >= 15 is 0 Å². The molecular formula is C15H10ClF2NO3. The molecule has 1 amide bonds. The first-order valence-electron chi connectivity index (χ1n) is 6.06. The van der Waals surface area contributed by atoms with Crippen molar-refractivity contribution in [3.05, 3.63) is 64.2 Å². The van der Waals surface area contributed by atoms with E-state index in [1.165, 1.54) is 25.3 Å². The Bertz CT molecular complexity index is 750. The molecule has 2 aromatic carbocycles. The third-order valence-corrected chi connectivity index (χ3v) is 3.15. The van der Waals surface area contributed by atoms with Gasteiger partial charge in [-0.3, -0.25) is 4.79 Å². The van der Waals surface area contributed by atoms with E-state index in [1.54, 1.807) is 0 Å². The molecule has 0 spiro atoms. The highest BCUT2D eigenvalue weighted by atomic mass is 35.5. The van der Waals surface area contributed by atoms with Crippen LogP contribution in [-0.2, 0) is 4.74 Å². The number of amides is 1. The van der Waals surface area contributed by atoms with Gasteiger partial charge in [-0.1, -0.05) is 11.6 Å². The Hall–Kier alpha value is -2.47. The van der Waals surface area contributed by atoms with Gasteiger partial charge in [0.1, 0.15) is 0 Å². The SMILES string of the molecule is COC(=O)c1ccc(Cl)c(NC(=O)c2ccc(F)c(F)c2)c1. The van der Waals surface area contributed by atoms with E-state index in [-0.39, 0.29) is 21.8 Å². The van der Waals surface area contributed by atoms with Gasteiger partial charge >= 0.3 is 5.97 Å². The Morgan fingerprint density at radius 3 is 2.36 bits per heavy atom. The normalized spacial score (nSPS) is 10.2. The summed E-state index contributed by atoms with van der Waals surface area (Å²) in [6.07, 6.45) is 0. The van der Waals surface area contributed by atoms with E-state index in [1.807, 2.05) is 0 Å². The van der Waals surface area contributed by atoms with E-state index in [4.69, 9.17) is 11.6 Å². The summed E-state index contributed by atoms with van der Waals surface area (Å²) in [5.41, 5.74) is 0.255. The van der Waals surface area contributed by atoms with Crippen molar-refractivity contribution < 1.29 is 23.1 Å². The van der Waals surface area contributed by atoms with Crippen molar-refractivity contribution in [3.63, 3.8) is 0 Å². The molecule has 0 saturated heterocycles. The number of anilines is 1. The predicted octanol–water partition coefficient (Wildman–Crippen LogP) is 3.66. The number of methoxy groups -OCH3 is 1. The lowest BCUT2D eigenvalue weighted by molar-refractivity contribution is 0.0600. The number of rotatable bonds is 3. The summed E-state index contributed by atoms with van der Waals surface area (Å²) in [4.78, 5) is 23.5. The average molecular weight is 326 g/mol. The molecule has 0 saturated carbocycles. The fraction of sp³-hybridized carbons (Fsp3) is 0.0667. The maximum atomic E-state index is 13.1. The third kappa shape index (κ3) is 3.40. The maximum absolute atomic E-state index is 13.1. The predicted molar refractivity (Wildman–Crippen MR) is 77.1 cm³/mol. The molecule has 0 fully saturated rings. The minimum Gasteiger partial charge on any atom is -0.465 e. The molecule has 114 valence electrons. The maximum Gasteiger partial charge on any atom is 0.337 e. The lowest BCUT2D eigenvalue weighted by atomic mass is 10.1. The van der Waals surface area contributed by atoms with Gasteiger partial charge in [-0.15, -0.1) is 0 Å². The van der Waals surface area contributed by atoms with Crippen LogP contribution in [0.15, 0.2) is 36.4 Å². The highest BCUT2D eigenvalue weighted by Gasteiger charge is 2.14. The molecule has 4 nitrogen and oxygen atoms in total. The number of hydrogen-bond donors (Lipinski definition) is 1. The smallest absolute Gasteiger partial charge is 0.337 e. The van der Waals surface area contributed by atoms with Gasteiger partial charge in [0.2, 0.25) is 0 Å². The van der Waals surface area contributed by atoms with Crippen molar-refractivity contribution in [2.24, 2.45) is 0 Å². The highest BCUT2D eigenvalue weighted by molar-refractivity contribution is 6.34. The van der Waals surface area contributed by atoms with E-state index < -0.39 is 23.5 Å². The van der Waals surface area contributed by atoms with Gasteiger partial charge in [0.15, 0.2) is 11.6 Å². The molecular weight excluding hydrogens is 316 g/mol.